The second-order valence-corrected chi connectivity index (χ2v) is 7.35. The van der Waals surface area contributed by atoms with E-state index in [1.165, 1.54) is 17.3 Å². The van der Waals surface area contributed by atoms with Gasteiger partial charge >= 0.3 is 0 Å². The van der Waals surface area contributed by atoms with Gasteiger partial charge in [0.1, 0.15) is 6.33 Å². The molecule has 3 aromatic rings. The lowest BCUT2D eigenvalue weighted by Crippen LogP contribution is -2.24. The highest BCUT2D eigenvalue weighted by Gasteiger charge is 2.11. The highest BCUT2D eigenvalue weighted by atomic mass is 35.5. The summed E-state index contributed by atoms with van der Waals surface area (Å²) in [5.74, 6) is 0.203. The third-order valence-electron chi connectivity index (χ3n) is 3.84. The number of rotatable bonds is 6. The minimum Gasteiger partial charge on any atom is -0.351 e. The van der Waals surface area contributed by atoms with E-state index < -0.39 is 0 Å². The fraction of sp³-hybridized carbons (Fsp3) is 0.211. The van der Waals surface area contributed by atoms with E-state index in [1.807, 2.05) is 34.9 Å². The van der Waals surface area contributed by atoms with E-state index in [-0.39, 0.29) is 11.7 Å². The first-order chi connectivity index (χ1) is 12.5. The van der Waals surface area contributed by atoms with Crippen LogP contribution < -0.4 is 5.32 Å². The first-order valence-corrected chi connectivity index (χ1v) is 9.51. The van der Waals surface area contributed by atoms with Crippen molar-refractivity contribution in [1.29, 1.82) is 0 Å². The van der Waals surface area contributed by atoms with E-state index in [9.17, 15) is 4.79 Å². The van der Waals surface area contributed by atoms with Crippen molar-refractivity contribution in [3.63, 3.8) is 0 Å². The van der Waals surface area contributed by atoms with Crippen molar-refractivity contribution < 1.29 is 4.79 Å². The van der Waals surface area contributed by atoms with Crippen molar-refractivity contribution in [1.82, 2.24) is 20.1 Å². The molecule has 0 bridgehead atoms. The van der Waals surface area contributed by atoms with E-state index in [1.54, 1.807) is 6.33 Å². The zero-order chi connectivity index (χ0) is 18.5. The number of carbonyl (C=O) groups excluding carboxylic acids is 1. The van der Waals surface area contributed by atoms with Crippen LogP contribution in [0.25, 0.3) is 5.69 Å². The van der Waals surface area contributed by atoms with Crippen LogP contribution in [-0.2, 0) is 11.3 Å². The van der Waals surface area contributed by atoms with E-state index in [4.69, 9.17) is 11.6 Å². The van der Waals surface area contributed by atoms with Crippen LogP contribution in [0, 0.1) is 13.8 Å². The largest absolute Gasteiger partial charge is 0.351 e. The predicted octanol–water partition coefficient (Wildman–Crippen LogP) is 3.95. The zero-order valence-electron chi connectivity index (χ0n) is 14.6. The molecule has 1 heterocycles. The fourth-order valence-electron chi connectivity index (χ4n) is 2.59. The number of hydrogen-bond acceptors (Lipinski definition) is 4. The molecule has 0 unspecified atom stereocenters. The fourth-order valence-corrected chi connectivity index (χ4v) is 3.56. The average Bonchev–Trinajstić information content (AvgIpc) is 3.06. The number of halogens is 1. The molecule has 0 atom stereocenters. The first-order valence-electron chi connectivity index (χ1n) is 8.14. The Kier molecular flexibility index (Phi) is 5.96. The van der Waals surface area contributed by atoms with Crippen LogP contribution in [0.2, 0.25) is 5.02 Å². The molecule has 0 aliphatic rings. The molecule has 5 nitrogen and oxygen atoms in total. The summed E-state index contributed by atoms with van der Waals surface area (Å²) >= 11 is 7.31. The third-order valence-corrected chi connectivity index (χ3v) is 5.02. The zero-order valence-corrected chi connectivity index (χ0v) is 16.1. The standard InChI is InChI=1S/C19H19ClN4OS/c1-13-6-7-17(14(2)8-13)24-12-22-23-19(24)26-11-18(25)21-10-15-4-3-5-16(20)9-15/h3-9,12H,10-11H2,1-2H3,(H,21,25). The van der Waals surface area contributed by atoms with E-state index >= 15 is 0 Å². The molecule has 26 heavy (non-hydrogen) atoms. The maximum atomic E-state index is 12.1. The number of aryl methyl sites for hydroxylation is 2. The van der Waals surface area contributed by atoms with Gasteiger partial charge < -0.3 is 5.32 Å². The van der Waals surface area contributed by atoms with Crippen molar-refractivity contribution in [2.75, 3.05) is 5.75 Å². The van der Waals surface area contributed by atoms with Gasteiger partial charge in [0.2, 0.25) is 5.91 Å². The molecule has 0 fully saturated rings. The molecule has 7 heteroatoms. The van der Waals surface area contributed by atoms with Gasteiger partial charge in [-0.25, -0.2) is 0 Å². The number of carbonyl (C=O) groups is 1. The smallest absolute Gasteiger partial charge is 0.230 e. The van der Waals surface area contributed by atoms with Gasteiger partial charge in [-0.1, -0.05) is 53.2 Å². The van der Waals surface area contributed by atoms with Gasteiger partial charge in [0.25, 0.3) is 0 Å². The summed E-state index contributed by atoms with van der Waals surface area (Å²) < 4.78 is 1.91. The SMILES string of the molecule is Cc1ccc(-n2cnnc2SCC(=O)NCc2cccc(Cl)c2)c(C)c1. The Bertz CT molecular complexity index is 925. The molecule has 0 saturated heterocycles. The van der Waals surface area contributed by atoms with Crippen LogP contribution in [0.5, 0.6) is 0 Å². The molecule has 1 N–H and O–H groups in total. The highest BCUT2D eigenvalue weighted by molar-refractivity contribution is 7.99. The molecule has 0 spiro atoms. The molecular weight excluding hydrogens is 368 g/mol. The molecular formula is C19H19ClN4OS. The molecule has 2 aromatic carbocycles. The van der Waals surface area contributed by atoms with Crippen LogP contribution in [0.15, 0.2) is 53.9 Å². The Balaban J connectivity index is 1.60. The minimum absolute atomic E-state index is 0.0647. The quantitative estimate of drug-likeness (QED) is 0.652. The van der Waals surface area contributed by atoms with Gasteiger partial charge in [-0.2, -0.15) is 0 Å². The summed E-state index contributed by atoms with van der Waals surface area (Å²) in [6.45, 7) is 4.56. The number of benzene rings is 2. The van der Waals surface area contributed by atoms with Crippen molar-refractivity contribution in [3.05, 3.63) is 70.5 Å². The third kappa shape index (κ3) is 4.65. The number of nitrogens with zero attached hydrogens (tertiary/aromatic N) is 3. The summed E-state index contributed by atoms with van der Waals surface area (Å²) in [5, 5.41) is 12.4. The van der Waals surface area contributed by atoms with Crippen molar-refractivity contribution in [2.45, 2.75) is 25.5 Å². The molecule has 0 saturated carbocycles. The number of amides is 1. The lowest BCUT2D eigenvalue weighted by molar-refractivity contribution is -0.118. The Morgan fingerprint density at radius 1 is 1.23 bits per heavy atom. The minimum atomic E-state index is -0.0647. The first kappa shape index (κ1) is 18.5. The Morgan fingerprint density at radius 2 is 2.08 bits per heavy atom. The summed E-state index contributed by atoms with van der Waals surface area (Å²) in [6.07, 6.45) is 1.67. The molecule has 1 aromatic heterocycles. The number of thioether (sulfide) groups is 1. The molecule has 3 rings (SSSR count). The van der Waals surface area contributed by atoms with Crippen LogP contribution >= 0.6 is 23.4 Å². The van der Waals surface area contributed by atoms with Crippen LogP contribution in [-0.4, -0.2) is 26.4 Å². The molecule has 1 amide bonds. The number of aromatic nitrogens is 3. The topological polar surface area (TPSA) is 59.8 Å². The van der Waals surface area contributed by atoms with Crippen molar-refractivity contribution in [2.24, 2.45) is 0 Å². The maximum Gasteiger partial charge on any atom is 0.230 e. The van der Waals surface area contributed by atoms with Crippen LogP contribution in [0.3, 0.4) is 0 Å². The van der Waals surface area contributed by atoms with Gasteiger partial charge in [0.05, 0.1) is 11.4 Å². The molecule has 134 valence electrons. The lowest BCUT2D eigenvalue weighted by atomic mass is 10.1. The second-order valence-electron chi connectivity index (χ2n) is 5.97. The van der Waals surface area contributed by atoms with Crippen molar-refractivity contribution in [3.8, 4) is 5.69 Å². The average molecular weight is 387 g/mol. The summed E-state index contributed by atoms with van der Waals surface area (Å²) in [4.78, 5) is 12.1. The monoisotopic (exact) mass is 386 g/mol. The Labute approximate surface area is 161 Å². The van der Waals surface area contributed by atoms with Crippen LogP contribution in [0.4, 0.5) is 0 Å². The van der Waals surface area contributed by atoms with E-state index in [0.29, 0.717) is 16.7 Å². The summed E-state index contributed by atoms with van der Waals surface area (Å²) in [7, 11) is 0. The van der Waals surface area contributed by atoms with Gasteiger partial charge in [-0.05, 0) is 43.2 Å². The second kappa shape index (κ2) is 8.38. The molecule has 0 radical (unpaired) electrons. The van der Waals surface area contributed by atoms with Gasteiger partial charge in [0, 0.05) is 11.6 Å². The Morgan fingerprint density at radius 3 is 2.85 bits per heavy atom. The highest BCUT2D eigenvalue weighted by Crippen LogP contribution is 2.22. The lowest BCUT2D eigenvalue weighted by Gasteiger charge is -2.10. The molecule has 0 aliphatic carbocycles. The summed E-state index contributed by atoms with van der Waals surface area (Å²) in [5.41, 5.74) is 4.32. The Hall–Kier alpha value is -2.31. The number of nitrogens with one attached hydrogen (secondary N) is 1. The van der Waals surface area contributed by atoms with E-state index in [2.05, 4.69) is 41.5 Å². The molecule has 0 aliphatic heterocycles. The van der Waals surface area contributed by atoms with E-state index in [0.717, 1.165) is 16.8 Å². The normalized spacial score (nSPS) is 10.7. The summed E-state index contributed by atoms with van der Waals surface area (Å²) in [6, 6.07) is 13.6. The van der Waals surface area contributed by atoms with Gasteiger partial charge in [0.15, 0.2) is 5.16 Å². The van der Waals surface area contributed by atoms with Gasteiger partial charge in [-0.3, -0.25) is 9.36 Å². The predicted molar refractivity (Wildman–Crippen MR) is 105 cm³/mol. The maximum absolute atomic E-state index is 12.1. The van der Waals surface area contributed by atoms with Crippen molar-refractivity contribution >= 4 is 29.3 Å². The number of hydrogen-bond donors (Lipinski definition) is 1. The van der Waals surface area contributed by atoms with Crippen LogP contribution in [0.1, 0.15) is 16.7 Å². The van der Waals surface area contributed by atoms with Gasteiger partial charge in [-0.15, -0.1) is 10.2 Å².